The Morgan fingerprint density at radius 3 is 2.33 bits per heavy atom. The molecule has 0 unspecified atom stereocenters. The number of aromatic nitrogens is 4. The highest BCUT2D eigenvalue weighted by Gasteiger charge is 2.40. The summed E-state index contributed by atoms with van der Waals surface area (Å²) in [6.45, 7) is 3.60. The number of rotatable bonds is 7. The number of amides is 1. The Hall–Kier alpha value is -3.34. The molecule has 2 aromatic heterocycles. The van der Waals surface area contributed by atoms with Crippen LogP contribution >= 0.6 is 0 Å². The van der Waals surface area contributed by atoms with E-state index in [9.17, 15) is 17.6 Å². The molecule has 190 valence electrons. The van der Waals surface area contributed by atoms with Crippen LogP contribution in [-0.4, -0.2) is 70.2 Å². The fourth-order valence-corrected chi connectivity index (χ4v) is 5.28. The van der Waals surface area contributed by atoms with E-state index in [4.69, 9.17) is 0 Å². The molecule has 5 rings (SSSR count). The topological polar surface area (TPSA) is 101 Å². The molecule has 0 radical (unpaired) electrons. The van der Waals surface area contributed by atoms with E-state index in [0.29, 0.717) is 0 Å². The maximum atomic E-state index is 14.7. The SMILES string of the molecule is CCc1cnc(N2CCC(N(C(=O)c3cn(-c4ccc(S(C)(=O)=O)cc4F)cn3)C3CC3)CC2)nc1. The van der Waals surface area contributed by atoms with Crippen molar-refractivity contribution in [3.05, 3.63) is 60.2 Å². The van der Waals surface area contributed by atoms with E-state index in [2.05, 4.69) is 26.8 Å². The van der Waals surface area contributed by atoms with Crippen molar-refractivity contribution in [2.24, 2.45) is 0 Å². The van der Waals surface area contributed by atoms with Crippen LogP contribution in [0.1, 0.15) is 48.7 Å². The molecule has 1 aromatic carbocycles. The number of aryl methyl sites for hydroxylation is 1. The summed E-state index contributed by atoms with van der Waals surface area (Å²) in [6.07, 6.45) is 12.1. The number of halogens is 1. The Labute approximate surface area is 209 Å². The zero-order valence-corrected chi connectivity index (χ0v) is 21.2. The van der Waals surface area contributed by atoms with Gasteiger partial charge in [-0.15, -0.1) is 0 Å². The average molecular weight is 513 g/mol. The number of sulfone groups is 1. The summed E-state index contributed by atoms with van der Waals surface area (Å²) >= 11 is 0. The second kappa shape index (κ2) is 9.61. The standard InChI is InChI=1S/C25H29FN6O3S/c1-3-17-13-27-25(28-14-17)30-10-8-19(9-11-30)32(18-4-5-18)24(33)22-15-31(16-29-22)23-7-6-20(12-21(23)26)36(2,34)35/h6-7,12-16,18-19H,3-5,8-11H2,1-2H3. The Bertz CT molecular complexity index is 1360. The van der Waals surface area contributed by atoms with Gasteiger partial charge in [-0.25, -0.2) is 27.8 Å². The predicted octanol–water partition coefficient (Wildman–Crippen LogP) is 3.04. The molecule has 1 saturated carbocycles. The van der Waals surface area contributed by atoms with E-state index in [-0.39, 0.29) is 34.3 Å². The van der Waals surface area contributed by atoms with Gasteiger partial charge < -0.3 is 14.4 Å². The number of carbonyl (C=O) groups is 1. The van der Waals surface area contributed by atoms with Crippen molar-refractivity contribution < 1.29 is 17.6 Å². The number of nitrogens with zero attached hydrogens (tertiary/aromatic N) is 6. The molecule has 3 heterocycles. The molecule has 3 aromatic rings. The van der Waals surface area contributed by atoms with Gasteiger partial charge in [-0.2, -0.15) is 0 Å². The molecular weight excluding hydrogens is 483 g/mol. The lowest BCUT2D eigenvalue weighted by Gasteiger charge is -2.38. The van der Waals surface area contributed by atoms with Gasteiger partial charge in [0.15, 0.2) is 9.84 Å². The largest absolute Gasteiger partial charge is 0.341 e. The maximum Gasteiger partial charge on any atom is 0.274 e. The Kier molecular flexibility index (Phi) is 6.50. The van der Waals surface area contributed by atoms with E-state index >= 15 is 0 Å². The number of carbonyl (C=O) groups excluding carboxylic acids is 1. The molecule has 0 N–H and O–H groups in total. The highest BCUT2D eigenvalue weighted by Crippen LogP contribution is 2.33. The molecule has 0 spiro atoms. The summed E-state index contributed by atoms with van der Waals surface area (Å²) < 4.78 is 39.5. The van der Waals surface area contributed by atoms with Crippen LogP contribution in [0.3, 0.4) is 0 Å². The van der Waals surface area contributed by atoms with Crippen LogP contribution in [0.2, 0.25) is 0 Å². The number of anilines is 1. The van der Waals surface area contributed by atoms with E-state index < -0.39 is 15.7 Å². The number of benzene rings is 1. The molecule has 11 heteroatoms. The minimum Gasteiger partial charge on any atom is -0.341 e. The van der Waals surface area contributed by atoms with Crippen LogP contribution in [0.15, 0.2) is 48.0 Å². The van der Waals surface area contributed by atoms with Crippen LogP contribution in [0.4, 0.5) is 10.3 Å². The summed E-state index contributed by atoms with van der Waals surface area (Å²) in [7, 11) is -3.52. The molecule has 1 aliphatic carbocycles. The number of hydrogen-bond donors (Lipinski definition) is 0. The van der Waals surface area contributed by atoms with Crippen molar-refractivity contribution in [2.75, 3.05) is 24.2 Å². The summed E-state index contributed by atoms with van der Waals surface area (Å²) in [5.74, 6) is -0.140. The monoisotopic (exact) mass is 512 g/mol. The summed E-state index contributed by atoms with van der Waals surface area (Å²) in [6, 6.07) is 4.00. The first-order valence-electron chi connectivity index (χ1n) is 12.2. The van der Waals surface area contributed by atoms with Gasteiger partial charge >= 0.3 is 0 Å². The summed E-state index contributed by atoms with van der Waals surface area (Å²) in [5, 5.41) is 0. The normalized spacial score (nSPS) is 16.8. The van der Waals surface area contributed by atoms with Crippen molar-refractivity contribution in [1.29, 1.82) is 0 Å². The van der Waals surface area contributed by atoms with E-state index in [0.717, 1.165) is 69.0 Å². The highest BCUT2D eigenvalue weighted by molar-refractivity contribution is 7.90. The van der Waals surface area contributed by atoms with Crippen molar-refractivity contribution in [3.63, 3.8) is 0 Å². The second-order valence-electron chi connectivity index (χ2n) is 9.46. The third kappa shape index (κ3) is 4.97. The first kappa shape index (κ1) is 24.4. The van der Waals surface area contributed by atoms with Gasteiger partial charge in [0.2, 0.25) is 5.95 Å². The molecule has 9 nitrogen and oxygen atoms in total. The second-order valence-corrected chi connectivity index (χ2v) is 11.5. The van der Waals surface area contributed by atoms with Gasteiger partial charge in [0, 0.05) is 50.0 Å². The number of imidazole rings is 1. The third-order valence-electron chi connectivity index (χ3n) is 6.84. The molecule has 2 aliphatic rings. The van der Waals surface area contributed by atoms with Crippen LogP contribution in [0.25, 0.3) is 5.69 Å². The lowest BCUT2D eigenvalue weighted by molar-refractivity contribution is 0.0624. The lowest BCUT2D eigenvalue weighted by Crippen LogP contribution is -2.49. The molecule has 1 saturated heterocycles. The Morgan fingerprint density at radius 1 is 1.08 bits per heavy atom. The molecule has 1 amide bonds. The zero-order chi connectivity index (χ0) is 25.4. The first-order chi connectivity index (χ1) is 17.2. The molecule has 0 atom stereocenters. The maximum absolute atomic E-state index is 14.7. The minimum absolute atomic E-state index is 0.0899. The Morgan fingerprint density at radius 2 is 1.75 bits per heavy atom. The van der Waals surface area contributed by atoms with Crippen LogP contribution in [0, 0.1) is 5.82 Å². The van der Waals surface area contributed by atoms with E-state index in [1.807, 2.05) is 17.3 Å². The molecule has 0 bridgehead atoms. The van der Waals surface area contributed by atoms with Crippen LogP contribution in [-0.2, 0) is 16.3 Å². The van der Waals surface area contributed by atoms with Crippen molar-refractivity contribution in [3.8, 4) is 5.69 Å². The van der Waals surface area contributed by atoms with E-state index in [1.54, 1.807) is 0 Å². The van der Waals surface area contributed by atoms with Gasteiger partial charge in [0.25, 0.3) is 5.91 Å². The highest BCUT2D eigenvalue weighted by atomic mass is 32.2. The Balaban J connectivity index is 1.29. The molecule has 36 heavy (non-hydrogen) atoms. The number of piperidine rings is 1. The fourth-order valence-electron chi connectivity index (χ4n) is 4.65. The molecule has 1 aliphatic heterocycles. The van der Waals surface area contributed by atoms with Gasteiger partial charge in [0.05, 0.1) is 10.6 Å². The predicted molar refractivity (Wildman–Crippen MR) is 132 cm³/mol. The fraction of sp³-hybridized carbons (Fsp3) is 0.440. The summed E-state index contributed by atoms with van der Waals surface area (Å²) in [5.41, 5.74) is 1.48. The quantitative estimate of drug-likeness (QED) is 0.480. The van der Waals surface area contributed by atoms with Crippen molar-refractivity contribution >= 4 is 21.7 Å². The number of hydrogen-bond acceptors (Lipinski definition) is 7. The zero-order valence-electron chi connectivity index (χ0n) is 20.3. The smallest absolute Gasteiger partial charge is 0.274 e. The lowest BCUT2D eigenvalue weighted by atomic mass is 10.0. The van der Waals surface area contributed by atoms with Crippen molar-refractivity contribution in [2.45, 2.75) is 56.0 Å². The molecule has 2 fully saturated rings. The minimum atomic E-state index is -3.52. The van der Waals surface area contributed by atoms with Gasteiger partial charge in [-0.05, 0) is 55.9 Å². The van der Waals surface area contributed by atoms with Crippen molar-refractivity contribution in [1.82, 2.24) is 24.4 Å². The van der Waals surface area contributed by atoms with Gasteiger partial charge in [-0.3, -0.25) is 4.79 Å². The van der Waals surface area contributed by atoms with Gasteiger partial charge in [0.1, 0.15) is 17.8 Å². The first-order valence-corrected chi connectivity index (χ1v) is 14.1. The third-order valence-corrected chi connectivity index (χ3v) is 7.95. The van der Waals surface area contributed by atoms with Crippen LogP contribution in [0.5, 0.6) is 0 Å². The van der Waals surface area contributed by atoms with Gasteiger partial charge in [-0.1, -0.05) is 6.92 Å². The average Bonchev–Trinajstić information content (AvgIpc) is 3.58. The van der Waals surface area contributed by atoms with E-state index in [1.165, 1.54) is 29.2 Å². The van der Waals surface area contributed by atoms with Crippen LogP contribution < -0.4 is 4.90 Å². The molecular formula is C25H29FN6O3S. The summed E-state index contributed by atoms with van der Waals surface area (Å²) in [4.78, 5) is 30.8.